The van der Waals surface area contributed by atoms with Crippen LogP contribution < -0.4 is 16.4 Å². The number of aromatic nitrogens is 1. The zero-order valence-corrected chi connectivity index (χ0v) is 13.1. The van der Waals surface area contributed by atoms with E-state index in [2.05, 4.69) is 34.4 Å². The maximum absolute atomic E-state index is 11.4. The minimum absolute atomic E-state index is 0.107. The monoisotopic (exact) mass is 293 g/mol. The predicted octanol–water partition coefficient (Wildman–Crippen LogP) is 1.51. The molecule has 118 valence electrons. The Balaban J connectivity index is 2.29. The van der Waals surface area contributed by atoms with Crippen molar-refractivity contribution >= 4 is 17.4 Å². The van der Waals surface area contributed by atoms with Gasteiger partial charge >= 0.3 is 0 Å². The van der Waals surface area contributed by atoms with Gasteiger partial charge < -0.3 is 21.3 Å². The highest BCUT2D eigenvalue weighted by molar-refractivity contribution is 5.89. The first-order chi connectivity index (χ1) is 10.2. The number of carbonyl (C=O) groups is 1. The van der Waals surface area contributed by atoms with Crippen molar-refractivity contribution in [3.05, 3.63) is 18.3 Å². The number of nitrogens with two attached hydrogens (primary N) is 1. The Hall–Kier alpha value is -1.66. The first-order valence-electron chi connectivity index (χ1n) is 7.61. The molecule has 0 aliphatic carbocycles. The van der Waals surface area contributed by atoms with Crippen LogP contribution in [0.5, 0.6) is 0 Å². The van der Waals surface area contributed by atoms with Gasteiger partial charge in [0.15, 0.2) is 0 Å². The van der Waals surface area contributed by atoms with Crippen molar-refractivity contribution in [2.75, 3.05) is 43.4 Å². The van der Waals surface area contributed by atoms with Crippen molar-refractivity contribution in [2.24, 2.45) is 5.73 Å². The van der Waals surface area contributed by atoms with E-state index >= 15 is 0 Å². The summed E-state index contributed by atoms with van der Waals surface area (Å²) in [5.74, 6) is 0.451. The molecule has 4 N–H and O–H groups in total. The molecule has 0 aliphatic rings. The third-order valence-corrected chi connectivity index (χ3v) is 3.28. The summed E-state index contributed by atoms with van der Waals surface area (Å²) in [6.07, 6.45) is 3.14. The number of rotatable bonds is 10. The number of pyridine rings is 1. The van der Waals surface area contributed by atoms with Crippen molar-refractivity contribution in [2.45, 2.75) is 26.7 Å². The summed E-state index contributed by atoms with van der Waals surface area (Å²) in [4.78, 5) is 18.0. The Morgan fingerprint density at radius 1 is 1.33 bits per heavy atom. The van der Waals surface area contributed by atoms with Gasteiger partial charge in [-0.2, -0.15) is 0 Å². The van der Waals surface area contributed by atoms with E-state index in [0.717, 1.165) is 38.3 Å². The van der Waals surface area contributed by atoms with Gasteiger partial charge in [0.05, 0.1) is 11.9 Å². The second-order valence-electron chi connectivity index (χ2n) is 4.83. The number of nitrogens with one attached hydrogen (secondary N) is 2. The molecule has 0 saturated carbocycles. The molecule has 0 atom stereocenters. The Bertz CT molecular complexity index is 403. The number of hydrogen-bond acceptors (Lipinski definition) is 5. The smallest absolute Gasteiger partial charge is 0.226 e. The molecule has 0 spiro atoms. The van der Waals surface area contributed by atoms with Crippen LogP contribution in [-0.2, 0) is 4.79 Å². The van der Waals surface area contributed by atoms with Crippen molar-refractivity contribution in [1.29, 1.82) is 0 Å². The number of hydrogen-bond donors (Lipinski definition) is 3. The van der Waals surface area contributed by atoms with Crippen molar-refractivity contribution in [1.82, 2.24) is 9.88 Å². The van der Waals surface area contributed by atoms with Crippen LogP contribution in [0.2, 0.25) is 0 Å². The number of amides is 1. The van der Waals surface area contributed by atoms with Crippen molar-refractivity contribution < 1.29 is 4.79 Å². The predicted molar refractivity (Wildman–Crippen MR) is 87.4 cm³/mol. The molecule has 6 nitrogen and oxygen atoms in total. The summed E-state index contributed by atoms with van der Waals surface area (Å²) >= 11 is 0. The van der Waals surface area contributed by atoms with E-state index in [1.165, 1.54) is 0 Å². The van der Waals surface area contributed by atoms with E-state index in [4.69, 9.17) is 5.73 Å². The summed E-state index contributed by atoms with van der Waals surface area (Å²) in [5, 5.41) is 6.03. The molecule has 0 aliphatic heterocycles. The van der Waals surface area contributed by atoms with Gasteiger partial charge in [0.1, 0.15) is 5.82 Å². The van der Waals surface area contributed by atoms with Gasteiger partial charge in [0, 0.05) is 19.5 Å². The highest BCUT2D eigenvalue weighted by Crippen LogP contribution is 2.09. The molecule has 1 aromatic heterocycles. The van der Waals surface area contributed by atoms with Crippen LogP contribution in [-0.4, -0.2) is 48.5 Å². The van der Waals surface area contributed by atoms with E-state index in [1.54, 1.807) is 12.3 Å². The van der Waals surface area contributed by atoms with E-state index in [9.17, 15) is 4.79 Å². The van der Waals surface area contributed by atoms with Gasteiger partial charge in [-0.25, -0.2) is 4.98 Å². The van der Waals surface area contributed by atoms with Gasteiger partial charge in [-0.05, 0) is 38.2 Å². The van der Waals surface area contributed by atoms with E-state index in [0.29, 0.717) is 18.8 Å². The van der Waals surface area contributed by atoms with Gasteiger partial charge in [0.25, 0.3) is 0 Å². The SMILES string of the molecule is CCN(CC)CCCNc1ccc(NC(=O)CCN)nc1. The van der Waals surface area contributed by atoms with Crippen LogP contribution in [0.4, 0.5) is 11.5 Å². The van der Waals surface area contributed by atoms with Crippen LogP contribution in [0.1, 0.15) is 26.7 Å². The van der Waals surface area contributed by atoms with E-state index < -0.39 is 0 Å². The molecular formula is C15H27N5O. The summed E-state index contributed by atoms with van der Waals surface area (Å²) in [7, 11) is 0. The largest absolute Gasteiger partial charge is 0.384 e. The molecule has 0 fully saturated rings. The summed E-state index contributed by atoms with van der Waals surface area (Å²) in [5.41, 5.74) is 6.29. The summed E-state index contributed by atoms with van der Waals surface area (Å²) in [6, 6.07) is 3.71. The quantitative estimate of drug-likeness (QED) is 0.570. The number of carbonyl (C=O) groups excluding carboxylic acids is 1. The summed E-state index contributed by atoms with van der Waals surface area (Å²) in [6.45, 7) is 8.90. The second-order valence-corrected chi connectivity index (χ2v) is 4.83. The first kappa shape index (κ1) is 17.4. The highest BCUT2D eigenvalue weighted by atomic mass is 16.1. The lowest BCUT2D eigenvalue weighted by atomic mass is 10.3. The second kappa shape index (κ2) is 10.1. The van der Waals surface area contributed by atoms with E-state index in [-0.39, 0.29) is 5.91 Å². The molecular weight excluding hydrogens is 266 g/mol. The fraction of sp³-hybridized carbons (Fsp3) is 0.600. The Kier molecular flexibility index (Phi) is 8.38. The maximum atomic E-state index is 11.4. The highest BCUT2D eigenvalue weighted by Gasteiger charge is 2.02. The number of nitrogens with zero attached hydrogens (tertiary/aromatic N) is 2. The lowest BCUT2D eigenvalue weighted by Gasteiger charge is -2.17. The standard InChI is InChI=1S/C15H27N5O/c1-3-20(4-2)11-5-10-17-13-6-7-14(18-12-13)19-15(21)8-9-16/h6-7,12,17H,3-5,8-11,16H2,1-2H3,(H,18,19,21). The average Bonchev–Trinajstić information content (AvgIpc) is 2.49. The van der Waals surface area contributed by atoms with Gasteiger partial charge in [-0.1, -0.05) is 13.8 Å². The van der Waals surface area contributed by atoms with Gasteiger partial charge in [-0.3, -0.25) is 4.79 Å². The fourth-order valence-corrected chi connectivity index (χ4v) is 1.98. The molecule has 21 heavy (non-hydrogen) atoms. The van der Waals surface area contributed by atoms with Crippen LogP contribution in [0.25, 0.3) is 0 Å². The fourth-order valence-electron chi connectivity index (χ4n) is 1.98. The van der Waals surface area contributed by atoms with Crippen LogP contribution >= 0.6 is 0 Å². The maximum Gasteiger partial charge on any atom is 0.226 e. The molecule has 0 bridgehead atoms. The topological polar surface area (TPSA) is 83.3 Å². The molecule has 0 radical (unpaired) electrons. The first-order valence-corrected chi connectivity index (χ1v) is 7.61. The van der Waals surface area contributed by atoms with Crippen LogP contribution in [0.15, 0.2) is 18.3 Å². The minimum atomic E-state index is -0.107. The average molecular weight is 293 g/mol. The molecule has 6 heteroatoms. The zero-order chi connectivity index (χ0) is 15.5. The molecule has 0 unspecified atom stereocenters. The van der Waals surface area contributed by atoms with Crippen molar-refractivity contribution in [3.8, 4) is 0 Å². The van der Waals surface area contributed by atoms with Crippen LogP contribution in [0, 0.1) is 0 Å². The van der Waals surface area contributed by atoms with Crippen molar-refractivity contribution in [3.63, 3.8) is 0 Å². The van der Waals surface area contributed by atoms with E-state index in [1.807, 2.05) is 6.07 Å². The Morgan fingerprint density at radius 3 is 2.67 bits per heavy atom. The normalized spacial score (nSPS) is 10.7. The minimum Gasteiger partial charge on any atom is -0.384 e. The molecule has 1 heterocycles. The Morgan fingerprint density at radius 2 is 2.10 bits per heavy atom. The molecule has 1 amide bonds. The van der Waals surface area contributed by atoms with Gasteiger partial charge in [0.2, 0.25) is 5.91 Å². The third kappa shape index (κ3) is 7.06. The summed E-state index contributed by atoms with van der Waals surface area (Å²) < 4.78 is 0. The molecule has 1 aromatic rings. The molecule has 1 rings (SSSR count). The zero-order valence-electron chi connectivity index (χ0n) is 13.1. The lowest BCUT2D eigenvalue weighted by molar-refractivity contribution is -0.116. The number of anilines is 2. The molecule has 0 saturated heterocycles. The Labute approximate surface area is 127 Å². The van der Waals surface area contributed by atoms with Gasteiger partial charge in [-0.15, -0.1) is 0 Å². The lowest BCUT2D eigenvalue weighted by Crippen LogP contribution is -2.25. The molecule has 0 aromatic carbocycles. The third-order valence-electron chi connectivity index (χ3n) is 3.28. The van der Waals surface area contributed by atoms with Crippen LogP contribution in [0.3, 0.4) is 0 Å².